The van der Waals surface area contributed by atoms with Crippen LogP contribution in [0.25, 0.3) is 11.0 Å². The Morgan fingerprint density at radius 1 is 1.62 bits per heavy atom. The Morgan fingerprint density at radius 2 is 2.44 bits per heavy atom. The quantitative estimate of drug-likeness (QED) is 0.768. The predicted octanol–water partition coefficient (Wildman–Crippen LogP) is 1.87. The van der Waals surface area contributed by atoms with E-state index >= 15 is 0 Å². The van der Waals surface area contributed by atoms with E-state index in [1.165, 1.54) is 0 Å². The van der Waals surface area contributed by atoms with Crippen molar-refractivity contribution in [2.24, 2.45) is 0 Å². The first-order valence-electron chi connectivity index (χ1n) is 5.07. The Hall–Kier alpha value is -2.10. The van der Waals surface area contributed by atoms with Crippen molar-refractivity contribution >= 4 is 16.9 Å². The molecule has 0 bridgehead atoms. The molecular formula is C12H13N3O. The average Bonchev–Trinajstić information content (AvgIpc) is 2.75. The topological polar surface area (TPSA) is 57.8 Å². The minimum absolute atomic E-state index is 0.0371. The van der Waals surface area contributed by atoms with Crippen LogP contribution in [0.1, 0.15) is 17.3 Å². The van der Waals surface area contributed by atoms with E-state index in [4.69, 9.17) is 0 Å². The summed E-state index contributed by atoms with van der Waals surface area (Å²) < 4.78 is 0. The summed E-state index contributed by atoms with van der Waals surface area (Å²) >= 11 is 0. The number of amides is 1. The van der Waals surface area contributed by atoms with E-state index in [9.17, 15) is 4.79 Å². The molecule has 1 atom stereocenters. The minimum Gasteiger partial charge on any atom is -0.346 e. The van der Waals surface area contributed by atoms with Gasteiger partial charge in [-0.3, -0.25) is 4.79 Å². The van der Waals surface area contributed by atoms with Gasteiger partial charge >= 0.3 is 0 Å². The third-order valence-electron chi connectivity index (χ3n) is 2.39. The lowest BCUT2D eigenvalue weighted by Crippen LogP contribution is -2.30. The van der Waals surface area contributed by atoms with Crippen LogP contribution in [0, 0.1) is 0 Å². The van der Waals surface area contributed by atoms with Gasteiger partial charge in [0, 0.05) is 11.6 Å². The molecule has 1 unspecified atom stereocenters. The highest BCUT2D eigenvalue weighted by Crippen LogP contribution is 2.11. The van der Waals surface area contributed by atoms with Crippen molar-refractivity contribution in [1.82, 2.24) is 15.3 Å². The molecule has 4 nitrogen and oxygen atoms in total. The van der Waals surface area contributed by atoms with Crippen LogP contribution in [0.5, 0.6) is 0 Å². The van der Waals surface area contributed by atoms with Crippen molar-refractivity contribution in [3.63, 3.8) is 0 Å². The summed E-state index contributed by atoms with van der Waals surface area (Å²) in [5, 5.41) is 2.81. The van der Waals surface area contributed by atoms with Crippen molar-refractivity contribution in [1.29, 1.82) is 0 Å². The molecule has 1 heterocycles. The molecular weight excluding hydrogens is 202 g/mol. The van der Waals surface area contributed by atoms with Crippen LogP contribution in [0.3, 0.4) is 0 Å². The molecule has 0 aliphatic rings. The Balaban J connectivity index is 2.25. The van der Waals surface area contributed by atoms with Gasteiger partial charge in [-0.2, -0.15) is 0 Å². The van der Waals surface area contributed by atoms with Gasteiger partial charge in [-0.05, 0) is 25.1 Å². The minimum atomic E-state index is -0.107. The van der Waals surface area contributed by atoms with Crippen LogP contribution < -0.4 is 5.32 Å². The fourth-order valence-electron chi connectivity index (χ4n) is 1.43. The highest BCUT2D eigenvalue weighted by atomic mass is 16.1. The summed E-state index contributed by atoms with van der Waals surface area (Å²) in [6, 6.07) is 5.33. The van der Waals surface area contributed by atoms with Gasteiger partial charge in [-0.1, -0.05) is 6.08 Å². The SMILES string of the molecule is C=CC(C)NC(=O)c1ccc2nc[nH]c2c1. The molecule has 0 saturated heterocycles. The summed E-state index contributed by atoms with van der Waals surface area (Å²) in [6.45, 7) is 5.49. The molecule has 4 heteroatoms. The van der Waals surface area contributed by atoms with E-state index in [2.05, 4.69) is 21.9 Å². The zero-order chi connectivity index (χ0) is 11.5. The number of carbonyl (C=O) groups is 1. The van der Waals surface area contributed by atoms with Gasteiger partial charge in [0.2, 0.25) is 0 Å². The number of nitrogens with zero attached hydrogens (tertiary/aromatic N) is 1. The molecule has 0 radical (unpaired) electrons. The summed E-state index contributed by atoms with van der Waals surface area (Å²) in [6.07, 6.45) is 3.30. The number of nitrogens with one attached hydrogen (secondary N) is 2. The smallest absolute Gasteiger partial charge is 0.251 e. The Morgan fingerprint density at radius 3 is 3.19 bits per heavy atom. The molecule has 16 heavy (non-hydrogen) atoms. The molecule has 0 aliphatic heterocycles. The number of aromatic nitrogens is 2. The lowest BCUT2D eigenvalue weighted by molar-refractivity contribution is 0.0947. The molecule has 0 spiro atoms. The van der Waals surface area contributed by atoms with E-state index < -0.39 is 0 Å². The van der Waals surface area contributed by atoms with Crippen molar-refractivity contribution < 1.29 is 4.79 Å². The van der Waals surface area contributed by atoms with Crippen LogP contribution in [0.15, 0.2) is 37.2 Å². The molecule has 2 N–H and O–H groups in total. The highest BCUT2D eigenvalue weighted by Gasteiger charge is 2.08. The standard InChI is InChI=1S/C12H13N3O/c1-3-8(2)15-12(16)9-4-5-10-11(6-9)14-7-13-10/h3-8H,1H2,2H3,(H,13,14)(H,15,16). The van der Waals surface area contributed by atoms with Gasteiger partial charge in [0.15, 0.2) is 0 Å². The summed E-state index contributed by atoms with van der Waals surface area (Å²) in [5.41, 5.74) is 2.33. The largest absolute Gasteiger partial charge is 0.346 e. The zero-order valence-electron chi connectivity index (χ0n) is 9.03. The summed E-state index contributed by atoms with van der Waals surface area (Å²) in [7, 11) is 0. The van der Waals surface area contributed by atoms with Crippen molar-refractivity contribution in [2.45, 2.75) is 13.0 Å². The molecule has 0 fully saturated rings. The third kappa shape index (κ3) is 1.95. The van der Waals surface area contributed by atoms with E-state index in [1.807, 2.05) is 13.0 Å². The van der Waals surface area contributed by atoms with Gasteiger partial charge in [-0.15, -0.1) is 6.58 Å². The molecule has 0 saturated carbocycles. The Bertz CT molecular complexity index is 530. The number of rotatable bonds is 3. The Labute approximate surface area is 93.4 Å². The molecule has 0 aliphatic carbocycles. The lowest BCUT2D eigenvalue weighted by atomic mass is 10.2. The molecule has 1 aromatic carbocycles. The van der Waals surface area contributed by atoms with Gasteiger partial charge in [0.1, 0.15) is 0 Å². The van der Waals surface area contributed by atoms with E-state index in [1.54, 1.807) is 24.5 Å². The first-order chi connectivity index (χ1) is 7.70. The van der Waals surface area contributed by atoms with Gasteiger partial charge < -0.3 is 10.3 Å². The normalized spacial score (nSPS) is 12.3. The number of H-pyrrole nitrogens is 1. The van der Waals surface area contributed by atoms with Crippen LogP contribution in [0.4, 0.5) is 0 Å². The maximum Gasteiger partial charge on any atom is 0.251 e. The zero-order valence-corrected chi connectivity index (χ0v) is 9.03. The number of hydrogen-bond acceptors (Lipinski definition) is 2. The van der Waals surface area contributed by atoms with Crippen molar-refractivity contribution in [2.75, 3.05) is 0 Å². The number of hydrogen-bond donors (Lipinski definition) is 2. The fraction of sp³-hybridized carbons (Fsp3) is 0.167. The monoisotopic (exact) mass is 215 g/mol. The number of imidazole rings is 1. The maximum atomic E-state index is 11.8. The molecule has 1 aromatic heterocycles. The van der Waals surface area contributed by atoms with Crippen LogP contribution in [0.2, 0.25) is 0 Å². The lowest BCUT2D eigenvalue weighted by Gasteiger charge is -2.08. The molecule has 2 rings (SSSR count). The second-order valence-electron chi connectivity index (χ2n) is 3.63. The Kier molecular flexibility index (Phi) is 2.72. The van der Waals surface area contributed by atoms with Gasteiger partial charge in [0.05, 0.1) is 17.4 Å². The number of carbonyl (C=O) groups excluding carboxylic acids is 1. The third-order valence-corrected chi connectivity index (χ3v) is 2.39. The molecule has 82 valence electrons. The predicted molar refractivity (Wildman–Crippen MR) is 63.2 cm³/mol. The van der Waals surface area contributed by atoms with Crippen LogP contribution >= 0.6 is 0 Å². The van der Waals surface area contributed by atoms with Crippen molar-refractivity contribution in [3.05, 3.63) is 42.7 Å². The first-order valence-corrected chi connectivity index (χ1v) is 5.07. The average molecular weight is 215 g/mol. The molecule has 2 aromatic rings. The second kappa shape index (κ2) is 4.18. The van der Waals surface area contributed by atoms with Gasteiger partial charge in [-0.25, -0.2) is 4.98 Å². The van der Waals surface area contributed by atoms with E-state index in [0.717, 1.165) is 11.0 Å². The van der Waals surface area contributed by atoms with Crippen LogP contribution in [-0.4, -0.2) is 21.9 Å². The highest BCUT2D eigenvalue weighted by molar-refractivity contribution is 5.97. The summed E-state index contributed by atoms with van der Waals surface area (Å²) in [5.74, 6) is -0.107. The number of aromatic amines is 1. The molecule has 1 amide bonds. The van der Waals surface area contributed by atoms with Crippen molar-refractivity contribution in [3.8, 4) is 0 Å². The van der Waals surface area contributed by atoms with Gasteiger partial charge in [0.25, 0.3) is 5.91 Å². The first kappa shape index (κ1) is 10.4. The second-order valence-corrected chi connectivity index (χ2v) is 3.63. The number of fused-ring (bicyclic) bond motifs is 1. The summed E-state index contributed by atoms with van der Waals surface area (Å²) in [4.78, 5) is 18.9. The number of benzene rings is 1. The van der Waals surface area contributed by atoms with E-state index in [-0.39, 0.29) is 11.9 Å². The maximum absolute atomic E-state index is 11.8. The van der Waals surface area contributed by atoms with E-state index in [0.29, 0.717) is 5.56 Å². The fourth-order valence-corrected chi connectivity index (χ4v) is 1.43. The van der Waals surface area contributed by atoms with Crippen LogP contribution in [-0.2, 0) is 0 Å².